The Labute approximate surface area is 144 Å². The Hall–Kier alpha value is -0.130. The highest BCUT2D eigenvalue weighted by molar-refractivity contribution is 9.28. The smallest absolute Gasteiger partial charge is 0.310 e. The second kappa shape index (κ2) is 6.32. The summed E-state index contributed by atoms with van der Waals surface area (Å²) in [6.45, 7) is 4.49. The highest BCUT2D eigenvalue weighted by atomic mass is 79.9. The van der Waals surface area contributed by atoms with Crippen LogP contribution in [-0.4, -0.2) is 5.97 Å². The Morgan fingerprint density at radius 2 is 2.10 bits per heavy atom. The standard InChI is InChI=1S/C15H15Br3O2/c1-15(2)11(7-12(17)18)13(15)14(19)20-8-9-4-3-5-10(16)6-9/h3-7,11,13H,8H2,1-2H3/t11-,13-/m0/s1. The Kier molecular flexibility index (Phi) is 5.14. The van der Waals surface area contributed by atoms with E-state index in [0.29, 0.717) is 6.61 Å². The lowest BCUT2D eigenvalue weighted by atomic mass is 10.1. The number of ether oxygens (including phenoxy) is 1. The zero-order valence-electron chi connectivity index (χ0n) is 11.2. The summed E-state index contributed by atoms with van der Waals surface area (Å²) in [6, 6.07) is 7.78. The van der Waals surface area contributed by atoms with E-state index in [4.69, 9.17) is 4.74 Å². The molecule has 1 fully saturated rings. The van der Waals surface area contributed by atoms with Gasteiger partial charge in [0, 0.05) is 4.47 Å². The number of benzene rings is 1. The molecule has 0 unspecified atom stereocenters. The lowest BCUT2D eigenvalue weighted by Gasteiger charge is -2.06. The van der Waals surface area contributed by atoms with E-state index in [2.05, 4.69) is 61.6 Å². The van der Waals surface area contributed by atoms with Crippen LogP contribution < -0.4 is 0 Å². The summed E-state index contributed by atoms with van der Waals surface area (Å²) in [7, 11) is 0. The molecule has 0 bridgehead atoms. The first-order valence-corrected chi connectivity index (χ1v) is 8.64. The quantitative estimate of drug-likeness (QED) is 0.556. The van der Waals surface area contributed by atoms with Gasteiger partial charge >= 0.3 is 5.97 Å². The summed E-state index contributed by atoms with van der Waals surface area (Å²) in [6.07, 6.45) is 2.02. The molecule has 0 amide bonds. The van der Waals surface area contributed by atoms with Crippen LogP contribution >= 0.6 is 47.8 Å². The molecule has 2 atom stereocenters. The number of hydrogen-bond donors (Lipinski definition) is 0. The average molecular weight is 467 g/mol. The lowest BCUT2D eigenvalue weighted by molar-refractivity contribution is -0.147. The molecule has 0 spiro atoms. The number of carbonyl (C=O) groups excluding carboxylic acids is 1. The molecule has 0 aliphatic heterocycles. The average Bonchev–Trinajstić information content (AvgIpc) is 2.87. The van der Waals surface area contributed by atoms with Crippen molar-refractivity contribution in [2.24, 2.45) is 17.3 Å². The minimum Gasteiger partial charge on any atom is -0.461 e. The molecule has 108 valence electrons. The van der Waals surface area contributed by atoms with Crippen LogP contribution in [0.1, 0.15) is 19.4 Å². The lowest BCUT2D eigenvalue weighted by Crippen LogP contribution is -2.10. The molecule has 1 saturated carbocycles. The van der Waals surface area contributed by atoms with Gasteiger partial charge in [-0.15, -0.1) is 0 Å². The van der Waals surface area contributed by atoms with E-state index in [-0.39, 0.29) is 23.2 Å². The fourth-order valence-electron chi connectivity index (χ4n) is 2.45. The Bertz CT molecular complexity index is 548. The van der Waals surface area contributed by atoms with Crippen molar-refractivity contribution < 1.29 is 9.53 Å². The molecule has 1 aliphatic carbocycles. The van der Waals surface area contributed by atoms with Gasteiger partial charge in [-0.05, 0) is 60.9 Å². The topological polar surface area (TPSA) is 26.3 Å². The van der Waals surface area contributed by atoms with Gasteiger partial charge in [0.25, 0.3) is 0 Å². The van der Waals surface area contributed by atoms with Gasteiger partial charge < -0.3 is 4.74 Å². The number of rotatable bonds is 4. The summed E-state index contributed by atoms with van der Waals surface area (Å²) < 4.78 is 7.30. The molecule has 20 heavy (non-hydrogen) atoms. The summed E-state index contributed by atoms with van der Waals surface area (Å²) >= 11 is 10.1. The highest BCUT2D eigenvalue weighted by Crippen LogP contribution is 2.60. The molecule has 2 nitrogen and oxygen atoms in total. The molecule has 0 aromatic heterocycles. The predicted molar refractivity (Wildman–Crippen MR) is 90.6 cm³/mol. The third kappa shape index (κ3) is 3.74. The third-order valence-electron chi connectivity index (χ3n) is 3.74. The van der Waals surface area contributed by atoms with Crippen LogP contribution in [0.3, 0.4) is 0 Å². The van der Waals surface area contributed by atoms with Gasteiger partial charge in [0.2, 0.25) is 0 Å². The molecule has 0 heterocycles. The van der Waals surface area contributed by atoms with Gasteiger partial charge in [-0.3, -0.25) is 4.79 Å². The fourth-order valence-corrected chi connectivity index (χ4v) is 3.46. The summed E-state index contributed by atoms with van der Waals surface area (Å²) in [5.41, 5.74) is 0.946. The second-order valence-corrected chi connectivity index (χ2v) is 9.21. The first-order valence-electron chi connectivity index (χ1n) is 6.26. The molecule has 1 aromatic carbocycles. The molecule has 0 radical (unpaired) electrons. The van der Waals surface area contributed by atoms with Crippen LogP contribution in [0.5, 0.6) is 0 Å². The third-order valence-corrected chi connectivity index (χ3v) is 4.76. The van der Waals surface area contributed by atoms with Gasteiger partial charge in [-0.25, -0.2) is 0 Å². The predicted octanol–water partition coefficient (Wildman–Crippen LogP) is 5.40. The van der Waals surface area contributed by atoms with Gasteiger partial charge in [-0.2, -0.15) is 0 Å². The monoisotopic (exact) mass is 464 g/mol. The Morgan fingerprint density at radius 1 is 1.40 bits per heavy atom. The highest BCUT2D eigenvalue weighted by Gasteiger charge is 2.61. The number of allylic oxidation sites excluding steroid dienone is 1. The first-order chi connectivity index (χ1) is 9.32. The van der Waals surface area contributed by atoms with E-state index in [1.807, 2.05) is 30.3 Å². The van der Waals surface area contributed by atoms with Crippen molar-refractivity contribution in [3.05, 3.63) is 43.8 Å². The fraction of sp³-hybridized carbons (Fsp3) is 0.400. The number of hydrogen-bond acceptors (Lipinski definition) is 2. The number of halogens is 3. The maximum atomic E-state index is 12.2. The Morgan fingerprint density at radius 3 is 2.70 bits per heavy atom. The molecule has 0 saturated heterocycles. The minimum absolute atomic E-state index is 0.0405. The normalized spacial score (nSPS) is 23.1. The molecule has 1 aliphatic rings. The molecule has 2 rings (SSSR count). The van der Waals surface area contributed by atoms with Crippen LogP contribution in [0, 0.1) is 17.3 Å². The van der Waals surface area contributed by atoms with Crippen LogP contribution in [0.25, 0.3) is 0 Å². The van der Waals surface area contributed by atoms with E-state index in [1.54, 1.807) is 0 Å². The summed E-state index contributed by atoms with van der Waals surface area (Å²) in [5, 5.41) is 0. The van der Waals surface area contributed by atoms with E-state index in [1.165, 1.54) is 0 Å². The maximum Gasteiger partial charge on any atom is 0.310 e. The van der Waals surface area contributed by atoms with Crippen molar-refractivity contribution in [1.29, 1.82) is 0 Å². The Balaban J connectivity index is 1.95. The van der Waals surface area contributed by atoms with E-state index >= 15 is 0 Å². The van der Waals surface area contributed by atoms with Gasteiger partial charge in [0.15, 0.2) is 0 Å². The zero-order chi connectivity index (χ0) is 14.9. The molecule has 1 aromatic rings. The van der Waals surface area contributed by atoms with Gasteiger partial charge in [0.05, 0.1) is 9.31 Å². The van der Waals surface area contributed by atoms with Crippen LogP contribution in [0.2, 0.25) is 0 Å². The van der Waals surface area contributed by atoms with E-state index < -0.39 is 0 Å². The summed E-state index contributed by atoms with van der Waals surface area (Å²) in [5.74, 6) is 0.0171. The molecule has 5 heteroatoms. The van der Waals surface area contributed by atoms with E-state index in [0.717, 1.165) is 13.4 Å². The van der Waals surface area contributed by atoms with Crippen LogP contribution in [-0.2, 0) is 16.1 Å². The van der Waals surface area contributed by atoms with Crippen molar-refractivity contribution >= 4 is 53.8 Å². The number of esters is 1. The first kappa shape index (κ1) is 16.2. The number of carbonyl (C=O) groups is 1. The molecule has 0 N–H and O–H groups in total. The van der Waals surface area contributed by atoms with Gasteiger partial charge in [-0.1, -0.05) is 48.0 Å². The zero-order valence-corrected chi connectivity index (χ0v) is 16.0. The van der Waals surface area contributed by atoms with Crippen molar-refractivity contribution in [3.8, 4) is 0 Å². The van der Waals surface area contributed by atoms with Crippen molar-refractivity contribution in [3.63, 3.8) is 0 Å². The van der Waals surface area contributed by atoms with Crippen molar-refractivity contribution in [1.82, 2.24) is 0 Å². The van der Waals surface area contributed by atoms with Gasteiger partial charge in [0.1, 0.15) is 6.61 Å². The van der Waals surface area contributed by atoms with Crippen molar-refractivity contribution in [2.45, 2.75) is 20.5 Å². The SMILES string of the molecule is CC1(C)[C@H](C(=O)OCc2cccc(Br)c2)[C@@H]1C=C(Br)Br. The maximum absolute atomic E-state index is 12.2. The van der Waals surface area contributed by atoms with E-state index in [9.17, 15) is 4.79 Å². The molecular formula is C15H15Br3O2. The largest absolute Gasteiger partial charge is 0.461 e. The van der Waals surface area contributed by atoms with Crippen LogP contribution in [0.15, 0.2) is 38.2 Å². The minimum atomic E-state index is -0.127. The summed E-state index contributed by atoms with van der Waals surface area (Å²) in [4.78, 5) is 12.2. The van der Waals surface area contributed by atoms with Crippen LogP contribution in [0.4, 0.5) is 0 Å². The molecular weight excluding hydrogens is 452 g/mol. The second-order valence-electron chi connectivity index (χ2n) is 5.52. The van der Waals surface area contributed by atoms with Crippen molar-refractivity contribution in [2.75, 3.05) is 0 Å².